The maximum Gasteiger partial charge on any atom is 0.334 e. The maximum atomic E-state index is 11.3. The molecule has 9 nitrogen and oxygen atoms in total. The third-order valence-electron chi connectivity index (χ3n) is 1.94. The van der Waals surface area contributed by atoms with Crippen molar-refractivity contribution in [2.45, 2.75) is 12.5 Å². The topological polar surface area (TPSA) is 152 Å². The standard InChI is InChI=1S/C9H11N3O6/c13-5(8(16)17)3-10-6(14)1-4-2-7(15)12-9(18)11-4/h2,5,13H,1,3H2,(H,10,14)(H,16,17)(H2,11,12,15,18). The van der Waals surface area contributed by atoms with Crippen molar-refractivity contribution >= 4 is 11.9 Å². The second-order valence-corrected chi connectivity index (χ2v) is 3.45. The van der Waals surface area contributed by atoms with Crippen molar-refractivity contribution in [3.05, 3.63) is 32.6 Å². The highest BCUT2D eigenvalue weighted by atomic mass is 16.4. The summed E-state index contributed by atoms with van der Waals surface area (Å²) in [5.41, 5.74) is -1.30. The molecule has 1 amide bonds. The number of aromatic amines is 2. The van der Waals surface area contributed by atoms with Crippen molar-refractivity contribution in [2.24, 2.45) is 0 Å². The monoisotopic (exact) mass is 257 g/mol. The summed E-state index contributed by atoms with van der Waals surface area (Å²) in [6.45, 7) is -0.457. The predicted molar refractivity (Wildman–Crippen MR) is 58.0 cm³/mol. The highest BCUT2D eigenvalue weighted by Gasteiger charge is 2.14. The van der Waals surface area contributed by atoms with E-state index in [0.29, 0.717) is 0 Å². The van der Waals surface area contributed by atoms with Crippen molar-refractivity contribution in [2.75, 3.05) is 6.54 Å². The minimum Gasteiger partial charge on any atom is -0.479 e. The molecule has 0 bridgehead atoms. The predicted octanol–water partition coefficient (Wildman–Crippen LogP) is -2.83. The van der Waals surface area contributed by atoms with Crippen LogP contribution in [0.1, 0.15) is 5.69 Å². The summed E-state index contributed by atoms with van der Waals surface area (Å²) < 4.78 is 0. The fraction of sp³-hybridized carbons (Fsp3) is 0.333. The molecule has 0 radical (unpaired) electrons. The van der Waals surface area contributed by atoms with Gasteiger partial charge in [0.15, 0.2) is 6.10 Å². The molecule has 0 spiro atoms. The molecule has 98 valence electrons. The van der Waals surface area contributed by atoms with Gasteiger partial charge in [0, 0.05) is 11.8 Å². The average Bonchev–Trinajstić information content (AvgIpc) is 2.24. The van der Waals surface area contributed by atoms with Crippen molar-refractivity contribution in [3.8, 4) is 0 Å². The Balaban J connectivity index is 2.57. The van der Waals surface area contributed by atoms with Crippen LogP contribution in [-0.2, 0) is 16.0 Å². The molecule has 1 heterocycles. The fourth-order valence-corrected chi connectivity index (χ4v) is 1.15. The van der Waals surface area contributed by atoms with Crippen LogP contribution in [0.5, 0.6) is 0 Å². The Morgan fingerprint density at radius 3 is 2.56 bits per heavy atom. The fourth-order valence-electron chi connectivity index (χ4n) is 1.15. The Bertz CT molecular complexity index is 532. The Morgan fingerprint density at radius 1 is 1.33 bits per heavy atom. The van der Waals surface area contributed by atoms with Gasteiger partial charge in [-0.2, -0.15) is 0 Å². The first-order valence-corrected chi connectivity index (χ1v) is 4.88. The zero-order valence-corrected chi connectivity index (χ0v) is 9.10. The number of carboxylic acid groups (broad SMARTS) is 1. The number of aliphatic hydroxyl groups is 1. The molecule has 1 aromatic rings. The number of hydrogen-bond donors (Lipinski definition) is 5. The molecule has 1 aromatic heterocycles. The number of nitrogens with one attached hydrogen (secondary N) is 3. The summed E-state index contributed by atoms with van der Waals surface area (Å²) in [6.07, 6.45) is -2.00. The van der Waals surface area contributed by atoms with Gasteiger partial charge in [-0.25, -0.2) is 9.59 Å². The molecule has 0 aliphatic heterocycles. The number of carboxylic acids is 1. The van der Waals surface area contributed by atoms with Gasteiger partial charge in [-0.1, -0.05) is 0 Å². The molecule has 0 aromatic carbocycles. The van der Waals surface area contributed by atoms with E-state index in [0.717, 1.165) is 6.07 Å². The number of aliphatic carboxylic acids is 1. The van der Waals surface area contributed by atoms with E-state index in [2.05, 4.69) is 10.3 Å². The van der Waals surface area contributed by atoms with E-state index in [1.54, 1.807) is 0 Å². The van der Waals surface area contributed by atoms with E-state index in [-0.39, 0.29) is 12.1 Å². The van der Waals surface area contributed by atoms with Crippen LogP contribution in [0, 0.1) is 0 Å². The van der Waals surface area contributed by atoms with Gasteiger partial charge in [0.05, 0.1) is 13.0 Å². The van der Waals surface area contributed by atoms with Crippen LogP contribution in [0.3, 0.4) is 0 Å². The maximum absolute atomic E-state index is 11.3. The van der Waals surface area contributed by atoms with Crippen LogP contribution in [0.25, 0.3) is 0 Å². The number of hydrogen-bond acceptors (Lipinski definition) is 5. The van der Waals surface area contributed by atoms with Crippen LogP contribution in [0.2, 0.25) is 0 Å². The second-order valence-electron chi connectivity index (χ2n) is 3.45. The smallest absolute Gasteiger partial charge is 0.334 e. The van der Waals surface area contributed by atoms with Gasteiger partial charge in [-0.15, -0.1) is 0 Å². The Hall–Kier alpha value is -2.42. The number of carbonyl (C=O) groups excluding carboxylic acids is 1. The molecule has 0 fully saturated rings. The van der Waals surface area contributed by atoms with Crippen molar-refractivity contribution in [3.63, 3.8) is 0 Å². The molecule has 1 atom stereocenters. The van der Waals surface area contributed by atoms with Gasteiger partial charge in [-0.05, 0) is 0 Å². The number of amides is 1. The molecule has 0 saturated heterocycles. The van der Waals surface area contributed by atoms with Crippen molar-refractivity contribution in [1.29, 1.82) is 0 Å². The average molecular weight is 257 g/mol. The highest BCUT2D eigenvalue weighted by molar-refractivity contribution is 5.79. The summed E-state index contributed by atoms with van der Waals surface area (Å²) in [5.74, 6) is -2.09. The molecule has 0 aliphatic carbocycles. The Labute approximate surface area is 99.5 Å². The third-order valence-corrected chi connectivity index (χ3v) is 1.94. The van der Waals surface area contributed by atoms with Gasteiger partial charge < -0.3 is 20.5 Å². The number of H-pyrrole nitrogens is 2. The minimum absolute atomic E-state index is 0.0889. The first-order valence-electron chi connectivity index (χ1n) is 4.88. The summed E-state index contributed by atoms with van der Waals surface area (Å²) in [7, 11) is 0. The molecular weight excluding hydrogens is 246 g/mol. The third kappa shape index (κ3) is 4.22. The summed E-state index contributed by atoms with van der Waals surface area (Å²) in [6, 6.07) is 1.04. The molecular formula is C9H11N3O6. The van der Waals surface area contributed by atoms with Gasteiger partial charge in [0.25, 0.3) is 5.56 Å². The summed E-state index contributed by atoms with van der Waals surface area (Å²) >= 11 is 0. The van der Waals surface area contributed by atoms with E-state index in [1.165, 1.54) is 0 Å². The second kappa shape index (κ2) is 5.77. The van der Waals surface area contributed by atoms with E-state index in [9.17, 15) is 19.2 Å². The molecule has 5 N–H and O–H groups in total. The van der Waals surface area contributed by atoms with Crippen LogP contribution in [0.15, 0.2) is 15.7 Å². The first-order chi connectivity index (χ1) is 8.38. The normalized spacial score (nSPS) is 11.8. The molecule has 9 heteroatoms. The van der Waals surface area contributed by atoms with Crippen LogP contribution in [0.4, 0.5) is 0 Å². The van der Waals surface area contributed by atoms with E-state index in [1.807, 2.05) is 4.98 Å². The quantitative estimate of drug-likeness (QED) is 0.383. The lowest BCUT2D eigenvalue weighted by atomic mass is 10.2. The highest BCUT2D eigenvalue weighted by Crippen LogP contribution is 1.88. The van der Waals surface area contributed by atoms with Crippen molar-refractivity contribution in [1.82, 2.24) is 15.3 Å². The van der Waals surface area contributed by atoms with E-state index in [4.69, 9.17) is 10.2 Å². The van der Waals surface area contributed by atoms with Crippen LogP contribution >= 0.6 is 0 Å². The lowest BCUT2D eigenvalue weighted by molar-refractivity contribution is -0.146. The van der Waals surface area contributed by atoms with Gasteiger partial charge in [0.2, 0.25) is 5.91 Å². The Kier molecular flexibility index (Phi) is 4.38. The number of aromatic nitrogens is 2. The largest absolute Gasteiger partial charge is 0.479 e. The van der Waals surface area contributed by atoms with Gasteiger partial charge >= 0.3 is 11.7 Å². The van der Waals surface area contributed by atoms with Crippen molar-refractivity contribution < 1.29 is 19.8 Å². The molecule has 1 rings (SSSR count). The summed E-state index contributed by atoms with van der Waals surface area (Å²) in [4.78, 5) is 47.6. The Morgan fingerprint density at radius 2 is 2.00 bits per heavy atom. The van der Waals surface area contributed by atoms with E-state index >= 15 is 0 Å². The molecule has 18 heavy (non-hydrogen) atoms. The zero-order valence-electron chi connectivity index (χ0n) is 9.10. The lowest BCUT2D eigenvalue weighted by Crippen LogP contribution is -2.37. The number of carbonyl (C=O) groups is 2. The molecule has 0 saturated carbocycles. The van der Waals surface area contributed by atoms with E-state index < -0.39 is 35.8 Å². The van der Waals surface area contributed by atoms with Crippen LogP contribution < -0.4 is 16.6 Å². The zero-order chi connectivity index (χ0) is 13.7. The van der Waals surface area contributed by atoms with Gasteiger partial charge in [0.1, 0.15) is 0 Å². The van der Waals surface area contributed by atoms with Gasteiger partial charge in [-0.3, -0.25) is 14.6 Å². The van der Waals surface area contributed by atoms with Crippen LogP contribution in [-0.4, -0.2) is 44.7 Å². The minimum atomic E-state index is -1.70. The summed E-state index contributed by atoms with van der Waals surface area (Å²) in [5, 5.41) is 19.4. The SMILES string of the molecule is O=C(Cc1cc(=O)[nH]c(=O)[nH]1)NCC(O)C(=O)O. The molecule has 0 aliphatic rings. The molecule has 1 unspecified atom stereocenters. The lowest BCUT2D eigenvalue weighted by Gasteiger charge is -2.07. The first kappa shape index (κ1) is 13.6. The number of rotatable bonds is 5. The number of aliphatic hydroxyl groups excluding tert-OH is 1.